The predicted molar refractivity (Wildman–Crippen MR) is 56.4 cm³/mol. The largest absolute Gasteiger partial charge is 0.264 e. The van der Waals surface area contributed by atoms with Crippen LogP contribution in [0.4, 0.5) is 0 Å². The van der Waals surface area contributed by atoms with Crippen molar-refractivity contribution in [3.05, 3.63) is 30.1 Å². The lowest BCUT2D eigenvalue weighted by Crippen LogP contribution is -2.19. The summed E-state index contributed by atoms with van der Waals surface area (Å²) in [7, 11) is 2.16. The molecular formula is C10H14N2S. The second-order valence-corrected chi connectivity index (χ2v) is 4.78. The van der Waals surface area contributed by atoms with Crippen LogP contribution < -0.4 is 0 Å². The van der Waals surface area contributed by atoms with E-state index >= 15 is 0 Å². The Kier molecular flexibility index (Phi) is 2.86. The maximum atomic E-state index is 4.15. The normalized spacial score (nSPS) is 24.5. The highest BCUT2D eigenvalue weighted by molar-refractivity contribution is 7.97. The molecule has 13 heavy (non-hydrogen) atoms. The third-order valence-electron chi connectivity index (χ3n) is 2.30. The maximum Gasteiger partial charge on any atom is 0.0460 e. The summed E-state index contributed by atoms with van der Waals surface area (Å²) in [6.07, 6.45) is 6.39. The van der Waals surface area contributed by atoms with Crippen LogP contribution in [-0.2, 0) is 0 Å². The Balaban J connectivity index is 2.08. The molecule has 2 heterocycles. The Labute approximate surface area is 83.5 Å². The first kappa shape index (κ1) is 9.03. The Morgan fingerprint density at radius 2 is 2.54 bits per heavy atom. The van der Waals surface area contributed by atoms with Crippen LogP contribution in [0.25, 0.3) is 0 Å². The number of hydrogen-bond acceptors (Lipinski definition) is 3. The zero-order valence-corrected chi connectivity index (χ0v) is 8.63. The molecular weight excluding hydrogens is 180 g/mol. The molecule has 1 unspecified atom stereocenters. The fourth-order valence-corrected chi connectivity index (χ4v) is 2.82. The first-order valence-electron chi connectivity index (χ1n) is 4.64. The highest BCUT2D eigenvalue weighted by atomic mass is 32.2. The molecule has 0 bridgehead atoms. The summed E-state index contributed by atoms with van der Waals surface area (Å²) in [5.41, 5.74) is 1.36. The van der Waals surface area contributed by atoms with E-state index in [0.29, 0.717) is 5.25 Å². The molecule has 2 nitrogen and oxygen atoms in total. The SMILES string of the molecule is CN1CCCC(c2cccnc2)S1. The molecule has 1 aromatic heterocycles. The van der Waals surface area contributed by atoms with E-state index in [-0.39, 0.29) is 0 Å². The summed E-state index contributed by atoms with van der Waals surface area (Å²) < 4.78 is 2.32. The topological polar surface area (TPSA) is 16.1 Å². The molecule has 1 fully saturated rings. The lowest BCUT2D eigenvalue weighted by molar-refractivity contribution is 0.490. The lowest BCUT2D eigenvalue weighted by atomic mass is 10.1. The Morgan fingerprint density at radius 3 is 3.23 bits per heavy atom. The van der Waals surface area contributed by atoms with Crippen LogP contribution in [0.2, 0.25) is 0 Å². The lowest BCUT2D eigenvalue weighted by Gasteiger charge is -2.28. The molecule has 0 amide bonds. The Bertz CT molecular complexity index is 263. The maximum absolute atomic E-state index is 4.15. The highest BCUT2D eigenvalue weighted by Gasteiger charge is 2.19. The van der Waals surface area contributed by atoms with Gasteiger partial charge in [-0.15, -0.1) is 0 Å². The van der Waals surface area contributed by atoms with E-state index in [1.165, 1.54) is 24.9 Å². The van der Waals surface area contributed by atoms with Gasteiger partial charge in [0.2, 0.25) is 0 Å². The van der Waals surface area contributed by atoms with Gasteiger partial charge in [0.05, 0.1) is 0 Å². The van der Waals surface area contributed by atoms with Gasteiger partial charge in [-0.3, -0.25) is 9.29 Å². The van der Waals surface area contributed by atoms with Gasteiger partial charge in [-0.05, 0) is 31.5 Å². The Morgan fingerprint density at radius 1 is 1.62 bits per heavy atom. The minimum absolute atomic E-state index is 0.618. The fraction of sp³-hybridized carbons (Fsp3) is 0.500. The van der Waals surface area contributed by atoms with Crippen molar-refractivity contribution in [3.8, 4) is 0 Å². The number of nitrogens with zero attached hydrogens (tertiary/aromatic N) is 2. The summed E-state index contributed by atoms with van der Waals surface area (Å²) in [6.45, 7) is 1.21. The fourth-order valence-electron chi connectivity index (χ4n) is 1.62. The number of hydrogen-bond donors (Lipinski definition) is 0. The van der Waals surface area contributed by atoms with Crippen LogP contribution in [0.5, 0.6) is 0 Å². The molecule has 1 saturated heterocycles. The van der Waals surface area contributed by atoms with Gasteiger partial charge in [0.25, 0.3) is 0 Å². The number of pyridine rings is 1. The van der Waals surface area contributed by atoms with Gasteiger partial charge in [0, 0.05) is 24.2 Å². The molecule has 3 heteroatoms. The van der Waals surface area contributed by atoms with Crippen molar-refractivity contribution in [1.82, 2.24) is 9.29 Å². The number of aromatic nitrogens is 1. The van der Waals surface area contributed by atoms with Crippen LogP contribution in [0.15, 0.2) is 24.5 Å². The molecule has 70 valence electrons. The van der Waals surface area contributed by atoms with Crippen LogP contribution >= 0.6 is 11.9 Å². The molecule has 0 spiro atoms. The van der Waals surface area contributed by atoms with Crippen molar-refractivity contribution < 1.29 is 0 Å². The van der Waals surface area contributed by atoms with Gasteiger partial charge < -0.3 is 0 Å². The average Bonchev–Trinajstić information content (AvgIpc) is 2.19. The molecule has 1 aliphatic heterocycles. The van der Waals surface area contributed by atoms with E-state index in [9.17, 15) is 0 Å². The zero-order valence-electron chi connectivity index (χ0n) is 7.81. The summed E-state index contributed by atoms with van der Waals surface area (Å²) in [5, 5.41) is 0.618. The van der Waals surface area contributed by atoms with Gasteiger partial charge in [-0.25, -0.2) is 0 Å². The molecule has 0 radical (unpaired) electrons. The molecule has 1 atom stereocenters. The van der Waals surface area contributed by atoms with Crippen LogP contribution in [0.3, 0.4) is 0 Å². The van der Waals surface area contributed by atoms with E-state index in [1.54, 1.807) is 0 Å². The van der Waals surface area contributed by atoms with Crippen molar-refractivity contribution in [2.24, 2.45) is 0 Å². The molecule has 0 aliphatic carbocycles. The first-order valence-corrected chi connectivity index (χ1v) is 5.48. The minimum Gasteiger partial charge on any atom is -0.264 e. The van der Waals surface area contributed by atoms with E-state index in [4.69, 9.17) is 0 Å². The third-order valence-corrected chi connectivity index (χ3v) is 3.61. The van der Waals surface area contributed by atoms with Crippen LogP contribution in [-0.4, -0.2) is 22.9 Å². The van der Waals surface area contributed by atoms with Crippen molar-refractivity contribution in [1.29, 1.82) is 0 Å². The summed E-state index contributed by atoms with van der Waals surface area (Å²) in [6, 6.07) is 4.19. The van der Waals surface area contributed by atoms with Gasteiger partial charge in [-0.1, -0.05) is 18.0 Å². The molecule has 0 saturated carbocycles. The third kappa shape index (κ3) is 2.23. The highest BCUT2D eigenvalue weighted by Crippen LogP contribution is 2.37. The van der Waals surface area contributed by atoms with Crippen molar-refractivity contribution >= 4 is 11.9 Å². The minimum atomic E-state index is 0.618. The molecule has 0 N–H and O–H groups in total. The number of rotatable bonds is 1. The summed E-state index contributed by atoms with van der Waals surface area (Å²) in [4.78, 5) is 4.15. The molecule has 1 aromatic rings. The van der Waals surface area contributed by atoms with Crippen molar-refractivity contribution in [3.63, 3.8) is 0 Å². The van der Waals surface area contributed by atoms with Crippen molar-refractivity contribution in [2.75, 3.05) is 13.6 Å². The van der Waals surface area contributed by atoms with Gasteiger partial charge in [-0.2, -0.15) is 0 Å². The smallest absolute Gasteiger partial charge is 0.0460 e. The first-order chi connectivity index (χ1) is 6.36. The van der Waals surface area contributed by atoms with Crippen LogP contribution in [0, 0.1) is 0 Å². The van der Waals surface area contributed by atoms with Gasteiger partial charge in [0.1, 0.15) is 0 Å². The van der Waals surface area contributed by atoms with Gasteiger partial charge >= 0.3 is 0 Å². The van der Waals surface area contributed by atoms with E-state index in [0.717, 1.165) is 0 Å². The van der Waals surface area contributed by atoms with Crippen molar-refractivity contribution in [2.45, 2.75) is 18.1 Å². The summed E-state index contributed by atoms with van der Waals surface area (Å²) in [5.74, 6) is 0. The zero-order chi connectivity index (χ0) is 9.10. The van der Waals surface area contributed by atoms with Crippen LogP contribution in [0.1, 0.15) is 23.7 Å². The standard InChI is InChI=1S/C10H14N2S/c1-12-7-3-5-10(13-12)9-4-2-6-11-8-9/h2,4,6,8,10H,3,5,7H2,1H3. The second-order valence-electron chi connectivity index (χ2n) is 3.37. The van der Waals surface area contributed by atoms with E-state index < -0.39 is 0 Å². The predicted octanol–water partition coefficient (Wildman–Crippen LogP) is 2.50. The quantitative estimate of drug-likeness (QED) is 0.639. The van der Waals surface area contributed by atoms with E-state index in [2.05, 4.69) is 22.4 Å². The second kappa shape index (κ2) is 4.11. The van der Waals surface area contributed by atoms with Gasteiger partial charge in [0.15, 0.2) is 0 Å². The summed E-state index contributed by atoms with van der Waals surface area (Å²) >= 11 is 1.93. The average molecular weight is 194 g/mol. The molecule has 2 rings (SSSR count). The Hall–Kier alpha value is -0.540. The monoisotopic (exact) mass is 194 g/mol. The van der Waals surface area contributed by atoms with E-state index in [1.807, 2.05) is 30.4 Å². The molecule has 1 aliphatic rings. The molecule has 0 aromatic carbocycles.